The Bertz CT molecular complexity index is 400. The Balaban J connectivity index is 2.65. The van der Waals surface area contributed by atoms with Crippen LogP contribution in [0.5, 0.6) is 0 Å². The van der Waals surface area contributed by atoms with Crippen molar-refractivity contribution >= 4 is 0 Å². The Kier molecular flexibility index (Phi) is 6.46. The van der Waals surface area contributed by atoms with Crippen LogP contribution < -0.4 is 5.32 Å². The lowest BCUT2D eigenvalue weighted by atomic mass is 9.85. The first-order valence-corrected chi connectivity index (χ1v) is 8.46. The Morgan fingerprint density at radius 2 is 1.33 bits per heavy atom. The Morgan fingerprint density at radius 1 is 0.857 bits per heavy atom. The van der Waals surface area contributed by atoms with E-state index >= 15 is 0 Å². The first-order valence-electron chi connectivity index (χ1n) is 8.46. The number of hydrogen-bond acceptors (Lipinski definition) is 1. The van der Waals surface area contributed by atoms with Crippen LogP contribution in [0.15, 0.2) is 24.3 Å². The van der Waals surface area contributed by atoms with Crippen molar-refractivity contribution in [2.75, 3.05) is 6.54 Å². The fourth-order valence-corrected chi connectivity index (χ4v) is 2.94. The van der Waals surface area contributed by atoms with Gasteiger partial charge in [0.15, 0.2) is 0 Å². The molecule has 0 fully saturated rings. The molecule has 1 aromatic rings. The van der Waals surface area contributed by atoms with E-state index in [9.17, 15) is 0 Å². The second-order valence-electron chi connectivity index (χ2n) is 8.15. The molecule has 0 amide bonds. The van der Waals surface area contributed by atoms with Gasteiger partial charge < -0.3 is 5.32 Å². The van der Waals surface area contributed by atoms with Gasteiger partial charge in [-0.25, -0.2) is 0 Å². The minimum absolute atomic E-state index is 0.232. The molecule has 21 heavy (non-hydrogen) atoms. The largest absolute Gasteiger partial charge is 0.310 e. The first kappa shape index (κ1) is 18.2. The van der Waals surface area contributed by atoms with Gasteiger partial charge in [0.05, 0.1) is 0 Å². The third kappa shape index (κ3) is 5.47. The van der Waals surface area contributed by atoms with E-state index in [4.69, 9.17) is 0 Å². The van der Waals surface area contributed by atoms with Crippen LogP contribution in [0.25, 0.3) is 0 Å². The molecule has 0 spiro atoms. The molecule has 1 N–H and O–H groups in total. The molecule has 0 saturated heterocycles. The van der Waals surface area contributed by atoms with Crippen LogP contribution in [-0.4, -0.2) is 6.54 Å². The van der Waals surface area contributed by atoms with Crippen molar-refractivity contribution in [2.45, 2.75) is 66.8 Å². The summed E-state index contributed by atoms with van der Waals surface area (Å²) in [7, 11) is 0. The van der Waals surface area contributed by atoms with Crippen molar-refractivity contribution in [3.05, 3.63) is 35.4 Å². The number of rotatable bonds is 6. The molecule has 0 heterocycles. The zero-order valence-electron chi connectivity index (χ0n) is 15.3. The molecule has 1 unspecified atom stereocenters. The smallest absolute Gasteiger partial charge is 0.0291 e. The van der Waals surface area contributed by atoms with Crippen LogP contribution in [0.2, 0.25) is 0 Å². The Morgan fingerprint density at radius 3 is 1.71 bits per heavy atom. The Hall–Kier alpha value is -0.820. The van der Waals surface area contributed by atoms with Gasteiger partial charge in [-0.05, 0) is 47.8 Å². The predicted octanol–water partition coefficient (Wildman–Crippen LogP) is 5.56. The zero-order chi connectivity index (χ0) is 16.2. The van der Waals surface area contributed by atoms with E-state index in [1.165, 1.54) is 11.1 Å². The quantitative estimate of drug-likeness (QED) is 0.722. The third-order valence-electron chi connectivity index (χ3n) is 4.65. The van der Waals surface area contributed by atoms with Gasteiger partial charge in [0.2, 0.25) is 0 Å². The highest BCUT2D eigenvalue weighted by Crippen LogP contribution is 2.25. The molecule has 0 radical (unpaired) electrons. The van der Waals surface area contributed by atoms with E-state index in [2.05, 4.69) is 85.0 Å². The molecular formula is C20H35N. The molecule has 0 aliphatic carbocycles. The lowest BCUT2D eigenvalue weighted by molar-refractivity contribution is 0.268. The summed E-state index contributed by atoms with van der Waals surface area (Å²) in [6.07, 6.45) is 0. The van der Waals surface area contributed by atoms with Gasteiger partial charge in [0.25, 0.3) is 0 Å². The van der Waals surface area contributed by atoms with Crippen molar-refractivity contribution in [2.24, 2.45) is 17.8 Å². The highest BCUT2D eigenvalue weighted by Gasteiger charge is 2.19. The molecule has 0 aromatic heterocycles. The lowest BCUT2D eigenvalue weighted by Gasteiger charge is -2.27. The molecule has 1 atom stereocenters. The average Bonchev–Trinajstić information content (AvgIpc) is 2.37. The van der Waals surface area contributed by atoms with E-state index in [1.54, 1.807) is 0 Å². The second-order valence-corrected chi connectivity index (χ2v) is 8.15. The summed E-state index contributed by atoms with van der Waals surface area (Å²) in [5.41, 5.74) is 3.02. The highest BCUT2D eigenvalue weighted by atomic mass is 14.9. The molecule has 1 nitrogen and oxygen atoms in total. The monoisotopic (exact) mass is 289 g/mol. The van der Waals surface area contributed by atoms with Gasteiger partial charge in [-0.1, -0.05) is 72.7 Å². The van der Waals surface area contributed by atoms with Gasteiger partial charge in [-0.3, -0.25) is 0 Å². The summed E-state index contributed by atoms with van der Waals surface area (Å²) in [4.78, 5) is 0. The molecule has 0 bridgehead atoms. The van der Waals surface area contributed by atoms with E-state index < -0.39 is 0 Å². The fraction of sp³-hybridized carbons (Fsp3) is 0.700. The summed E-state index contributed by atoms with van der Waals surface area (Å²) in [5.74, 6) is 2.20. The fourth-order valence-electron chi connectivity index (χ4n) is 2.94. The minimum Gasteiger partial charge on any atom is -0.310 e. The maximum absolute atomic E-state index is 3.72. The normalized spacial score (nSPS) is 14.2. The first-order chi connectivity index (χ1) is 9.62. The van der Waals surface area contributed by atoms with Crippen LogP contribution in [0.4, 0.5) is 0 Å². The molecule has 0 saturated carbocycles. The van der Waals surface area contributed by atoms with Crippen LogP contribution in [0.3, 0.4) is 0 Å². The van der Waals surface area contributed by atoms with E-state index in [0.29, 0.717) is 6.04 Å². The second kappa shape index (κ2) is 7.45. The van der Waals surface area contributed by atoms with Gasteiger partial charge >= 0.3 is 0 Å². The van der Waals surface area contributed by atoms with E-state index in [-0.39, 0.29) is 5.41 Å². The Labute approximate surface area is 132 Å². The number of nitrogens with one attached hydrogen (secondary N) is 1. The average molecular weight is 290 g/mol. The minimum atomic E-state index is 0.232. The van der Waals surface area contributed by atoms with E-state index in [1.807, 2.05) is 0 Å². The summed E-state index contributed by atoms with van der Waals surface area (Å²) >= 11 is 0. The highest BCUT2D eigenvalue weighted by molar-refractivity contribution is 5.29. The van der Waals surface area contributed by atoms with Crippen LogP contribution in [-0.2, 0) is 5.41 Å². The molecule has 1 rings (SSSR count). The zero-order valence-corrected chi connectivity index (χ0v) is 15.3. The van der Waals surface area contributed by atoms with E-state index in [0.717, 1.165) is 24.3 Å². The van der Waals surface area contributed by atoms with Crippen molar-refractivity contribution < 1.29 is 0 Å². The molecule has 1 aromatic carbocycles. The lowest BCUT2D eigenvalue weighted by Crippen LogP contribution is -2.31. The van der Waals surface area contributed by atoms with Crippen LogP contribution >= 0.6 is 0 Å². The van der Waals surface area contributed by atoms with Crippen molar-refractivity contribution in [3.63, 3.8) is 0 Å². The number of hydrogen-bond donors (Lipinski definition) is 1. The van der Waals surface area contributed by atoms with Gasteiger partial charge in [0.1, 0.15) is 0 Å². The van der Waals surface area contributed by atoms with Gasteiger partial charge in [-0.15, -0.1) is 0 Å². The summed E-state index contributed by atoms with van der Waals surface area (Å²) in [6.45, 7) is 19.5. The molecule has 1 heteroatoms. The van der Waals surface area contributed by atoms with Gasteiger partial charge in [0, 0.05) is 6.04 Å². The van der Waals surface area contributed by atoms with Crippen LogP contribution in [0, 0.1) is 17.8 Å². The predicted molar refractivity (Wildman–Crippen MR) is 94.7 cm³/mol. The molecular weight excluding hydrogens is 254 g/mol. The maximum atomic E-state index is 3.72. The van der Waals surface area contributed by atoms with Crippen molar-refractivity contribution in [3.8, 4) is 0 Å². The van der Waals surface area contributed by atoms with Crippen molar-refractivity contribution in [1.29, 1.82) is 0 Å². The standard InChI is InChI=1S/C20H35N/c1-14(2)19(15(3)4)13-21-16(5)17-9-11-18(12-10-17)20(6,7)8/h9-12,14-16,19,21H,13H2,1-8H3. The van der Waals surface area contributed by atoms with Gasteiger partial charge in [-0.2, -0.15) is 0 Å². The molecule has 0 aliphatic heterocycles. The van der Waals surface area contributed by atoms with Crippen molar-refractivity contribution in [1.82, 2.24) is 5.32 Å². The van der Waals surface area contributed by atoms with Crippen LogP contribution in [0.1, 0.15) is 72.6 Å². The summed E-state index contributed by atoms with van der Waals surface area (Å²) in [5, 5.41) is 3.72. The molecule has 120 valence electrons. The maximum Gasteiger partial charge on any atom is 0.0291 e. The summed E-state index contributed by atoms with van der Waals surface area (Å²) in [6, 6.07) is 9.51. The molecule has 0 aliphatic rings. The SMILES string of the molecule is CC(NCC(C(C)C)C(C)C)c1ccc(C(C)(C)C)cc1. The summed E-state index contributed by atoms with van der Waals surface area (Å²) < 4.78 is 0. The topological polar surface area (TPSA) is 12.0 Å². The number of benzene rings is 1. The third-order valence-corrected chi connectivity index (χ3v) is 4.65.